The number of methoxy groups -OCH3 is 1. The van der Waals surface area contributed by atoms with Crippen molar-refractivity contribution in [2.24, 2.45) is 5.41 Å². The lowest BCUT2D eigenvalue weighted by molar-refractivity contribution is 0.173. The fourth-order valence-corrected chi connectivity index (χ4v) is 2.27. The molecule has 1 heterocycles. The van der Waals surface area contributed by atoms with Crippen molar-refractivity contribution < 1.29 is 19.3 Å². The lowest BCUT2D eigenvalue weighted by Crippen LogP contribution is -2.10. The minimum atomic E-state index is 0.0704. The van der Waals surface area contributed by atoms with Gasteiger partial charge in [0.2, 0.25) is 6.79 Å². The van der Waals surface area contributed by atoms with E-state index in [9.17, 15) is 5.11 Å². The van der Waals surface area contributed by atoms with Gasteiger partial charge in [-0.15, -0.1) is 0 Å². The summed E-state index contributed by atoms with van der Waals surface area (Å²) in [6.45, 7) is 0.512. The van der Waals surface area contributed by atoms with Crippen LogP contribution in [-0.4, -0.2) is 25.6 Å². The topological polar surface area (TPSA) is 47.9 Å². The van der Waals surface area contributed by atoms with E-state index in [1.54, 1.807) is 7.11 Å². The Balaban J connectivity index is 1.92. The van der Waals surface area contributed by atoms with Gasteiger partial charge in [-0.1, -0.05) is 0 Å². The Bertz CT molecular complexity index is 437. The Morgan fingerprint density at radius 1 is 1.29 bits per heavy atom. The average molecular weight is 236 g/mol. The van der Waals surface area contributed by atoms with E-state index in [2.05, 4.69) is 0 Å². The largest absolute Gasteiger partial charge is 0.496 e. The fraction of sp³-hybridized carbons (Fsp3) is 0.538. The first kappa shape index (κ1) is 10.7. The van der Waals surface area contributed by atoms with Gasteiger partial charge in [-0.05, 0) is 36.3 Å². The van der Waals surface area contributed by atoms with Crippen LogP contribution in [0.3, 0.4) is 0 Å². The first-order chi connectivity index (χ1) is 8.26. The molecule has 1 aliphatic carbocycles. The summed E-state index contributed by atoms with van der Waals surface area (Å²) in [6.07, 6.45) is 3.01. The molecule has 0 radical (unpaired) electrons. The maximum Gasteiger partial charge on any atom is 0.231 e. The molecule has 17 heavy (non-hydrogen) atoms. The van der Waals surface area contributed by atoms with Crippen molar-refractivity contribution >= 4 is 0 Å². The molecule has 1 N–H and O–H groups in total. The summed E-state index contributed by atoms with van der Waals surface area (Å²) in [6, 6.07) is 3.84. The molecule has 0 atom stereocenters. The zero-order chi connectivity index (χ0) is 11.9. The average Bonchev–Trinajstić information content (AvgIpc) is 2.98. The standard InChI is InChI=1S/C13H16O4/c1-15-10-5-12-11(16-8-17-12)4-9(10)6-13(7-14)2-3-13/h4-5,14H,2-3,6-8H2,1H3. The molecule has 0 saturated heterocycles. The molecule has 2 aliphatic rings. The minimum Gasteiger partial charge on any atom is -0.496 e. The van der Waals surface area contributed by atoms with Crippen molar-refractivity contribution in [1.82, 2.24) is 0 Å². The maximum absolute atomic E-state index is 9.38. The molecule has 0 spiro atoms. The first-order valence-corrected chi connectivity index (χ1v) is 5.84. The van der Waals surface area contributed by atoms with Gasteiger partial charge in [-0.3, -0.25) is 0 Å². The second-order valence-electron chi connectivity index (χ2n) is 4.85. The monoisotopic (exact) mass is 236 g/mol. The Labute approximate surface area is 100 Å². The predicted octanol–water partition coefficient (Wildman–Crippen LogP) is 1.74. The van der Waals surface area contributed by atoms with E-state index in [0.29, 0.717) is 0 Å². The van der Waals surface area contributed by atoms with Gasteiger partial charge in [-0.2, -0.15) is 0 Å². The van der Waals surface area contributed by atoms with Crippen LogP contribution < -0.4 is 14.2 Å². The number of aliphatic hydroxyl groups is 1. The van der Waals surface area contributed by atoms with Gasteiger partial charge in [0, 0.05) is 12.7 Å². The molecule has 1 aromatic carbocycles. The molecule has 1 fully saturated rings. The normalized spacial score (nSPS) is 19.2. The number of benzene rings is 1. The van der Waals surface area contributed by atoms with Crippen molar-refractivity contribution in [3.63, 3.8) is 0 Å². The van der Waals surface area contributed by atoms with Gasteiger partial charge in [0.05, 0.1) is 7.11 Å². The predicted molar refractivity (Wildman–Crippen MR) is 61.6 cm³/mol. The Morgan fingerprint density at radius 2 is 2.00 bits per heavy atom. The molecule has 92 valence electrons. The lowest BCUT2D eigenvalue weighted by atomic mass is 9.96. The van der Waals surface area contributed by atoms with Crippen LogP contribution in [0.1, 0.15) is 18.4 Å². The molecule has 1 aromatic rings. The molecule has 1 saturated carbocycles. The minimum absolute atomic E-state index is 0.0704. The van der Waals surface area contributed by atoms with E-state index in [-0.39, 0.29) is 18.8 Å². The third-order valence-electron chi connectivity index (χ3n) is 3.63. The summed E-state index contributed by atoms with van der Waals surface area (Å²) in [5.74, 6) is 2.32. The number of fused-ring (bicyclic) bond motifs is 1. The summed E-state index contributed by atoms with van der Waals surface area (Å²) in [4.78, 5) is 0. The third kappa shape index (κ3) is 1.82. The summed E-state index contributed by atoms with van der Waals surface area (Å²) < 4.78 is 16.1. The SMILES string of the molecule is COc1cc2c(cc1CC1(CO)CC1)OCO2. The van der Waals surface area contributed by atoms with E-state index in [4.69, 9.17) is 14.2 Å². The summed E-state index contributed by atoms with van der Waals surface area (Å²) in [7, 11) is 1.65. The van der Waals surface area contributed by atoms with Gasteiger partial charge in [-0.25, -0.2) is 0 Å². The van der Waals surface area contributed by atoms with Crippen LogP contribution in [0.4, 0.5) is 0 Å². The van der Waals surface area contributed by atoms with Crippen LogP contribution >= 0.6 is 0 Å². The van der Waals surface area contributed by atoms with Gasteiger partial charge in [0.1, 0.15) is 5.75 Å². The number of hydrogen-bond donors (Lipinski definition) is 1. The van der Waals surface area contributed by atoms with Gasteiger partial charge < -0.3 is 19.3 Å². The van der Waals surface area contributed by atoms with E-state index in [0.717, 1.165) is 42.1 Å². The van der Waals surface area contributed by atoms with Crippen LogP contribution in [0.15, 0.2) is 12.1 Å². The number of ether oxygens (including phenoxy) is 3. The molecule has 3 rings (SSSR count). The maximum atomic E-state index is 9.38. The zero-order valence-corrected chi connectivity index (χ0v) is 9.86. The summed E-state index contributed by atoms with van der Waals surface area (Å²) in [5.41, 5.74) is 1.16. The molecule has 4 nitrogen and oxygen atoms in total. The highest BCUT2D eigenvalue weighted by Gasteiger charge is 2.42. The quantitative estimate of drug-likeness (QED) is 0.865. The molecule has 4 heteroatoms. The van der Waals surface area contributed by atoms with Crippen LogP contribution in [-0.2, 0) is 6.42 Å². The van der Waals surface area contributed by atoms with Gasteiger partial charge >= 0.3 is 0 Å². The second kappa shape index (κ2) is 3.81. The zero-order valence-electron chi connectivity index (χ0n) is 9.86. The van der Waals surface area contributed by atoms with E-state index < -0.39 is 0 Å². The van der Waals surface area contributed by atoms with Gasteiger partial charge in [0.15, 0.2) is 11.5 Å². The van der Waals surface area contributed by atoms with Crippen molar-refractivity contribution in [3.8, 4) is 17.2 Å². The second-order valence-corrected chi connectivity index (χ2v) is 4.85. The van der Waals surface area contributed by atoms with E-state index in [1.807, 2.05) is 12.1 Å². The van der Waals surface area contributed by atoms with Gasteiger partial charge in [0.25, 0.3) is 0 Å². The summed E-state index contributed by atoms with van der Waals surface area (Å²) >= 11 is 0. The molecule has 0 aromatic heterocycles. The molecular weight excluding hydrogens is 220 g/mol. The number of hydrogen-bond acceptors (Lipinski definition) is 4. The molecule has 0 unspecified atom stereocenters. The van der Waals surface area contributed by atoms with Crippen LogP contribution in [0.25, 0.3) is 0 Å². The van der Waals surface area contributed by atoms with Crippen molar-refractivity contribution in [2.75, 3.05) is 20.5 Å². The van der Waals surface area contributed by atoms with Crippen LogP contribution in [0.5, 0.6) is 17.2 Å². The van der Waals surface area contributed by atoms with Crippen molar-refractivity contribution in [3.05, 3.63) is 17.7 Å². The highest BCUT2D eigenvalue weighted by atomic mass is 16.7. The Morgan fingerprint density at radius 3 is 2.59 bits per heavy atom. The number of rotatable bonds is 4. The highest BCUT2D eigenvalue weighted by molar-refractivity contribution is 5.52. The summed E-state index contributed by atoms with van der Waals surface area (Å²) in [5, 5.41) is 9.38. The first-order valence-electron chi connectivity index (χ1n) is 5.84. The Hall–Kier alpha value is -1.42. The van der Waals surface area contributed by atoms with E-state index in [1.165, 1.54) is 0 Å². The van der Waals surface area contributed by atoms with Crippen LogP contribution in [0.2, 0.25) is 0 Å². The van der Waals surface area contributed by atoms with Crippen molar-refractivity contribution in [2.45, 2.75) is 19.3 Å². The molecule has 0 bridgehead atoms. The van der Waals surface area contributed by atoms with Crippen molar-refractivity contribution in [1.29, 1.82) is 0 Å². The molecule has 1 aliphatic heterocycles. The molecule has 0 amide bonds. The van der Waals surface area contributed by atoms with Crippen LogP contribution in [0, 0.1) is 5.41 Å². The molecular formula is C13H16O4. The fourth-order valence-electron chi connectivity index (χ4n) is 2.27. The third-order valence-corrected chi connectivity index (χ3v) is 3.63. The number of aliphatic hydroxyl groups excluding tert-OH is 1. The highest BCUT2D eigenvalue weighted by Crippen LogP contribution is 2.50. The van der Waals surface area contributed by atoms with E-state index >= 15 is 0 Å². The Kier molecular flexibility index (Phi) is 2.40. The lowest BCUT2D eigenvalue weighted by Gasteiger charge is -2.15. The smallest absolute Gasteiger partial charge is 0.231 e.